The molecule has 0 atom stereocenters. The Morgan fingerprint density at radius 1 is 1.26 bits per heavy atom. The van der Waals surface area contributed by atoms with Crippen LogP contribution in [0.2, 0.25) is 0 Å². The number of amides is 1. The molecule has 1 saturated heterocycles. The number of H-pyrrole nitrogens is 1. The minimum absolute atomic E-state index is 0.156. The third-order valence-corrected chi connectivity index (χ3v) is 4.08. The fourth-order valence-electron chi connectivity index (χ4n) is 2.80. The zero-order valence-electron chi connectivity index (χ0n) is 12.9. The maximum atomic E-state index is 12.1. The number of piperidine rings is 1. The molecule has 0 spiro atoms. The van der Waals surface area contributed by atoms with E-state index in [4.69, 9.17) is 0 Å². The summed E-state index contributed by atoms with van der Waals surface area (Å²) in [5.74, 6) is -0.234. The molecule has 0 aliphatic carbocycles. The van der Waals surface area contributed by atoms with Gasteiger partial charge in [0.05, 0.1) is 6.20 Å². The second-order valence-corrected chi connectivity index (χ2v) is 5.81. The van der Waals surface area contributed by atoms with Gasteiger partial charge >= 0.3 is 0 Å². The molecule has 1 aromatic carbocycles. The van der Waals surface area contributed by atoms with Crippen LogP contribution in [0.4, 0.5) is 0 Å². The average Bonchev–Trinajstić information content (AvgIpc) is 2.58. The predicted molar refractivity (Wildman–Crippen MR) is 87.1 cm³/mol. The predicted octanol–water partition coefficient (Wildman–Crippen LogP) is 1.16. The minimum atomic E-state index is -0.309. The molecule has 0 saturated carbocycles. The number of carbonyl (C=O) groups excluding carboxylic acids is 1. The second kappa shape index (κ2) is 7.19. The van der Waals surface area contributed by atoms with Crippen molar-refractivity contribution in [2.75, 3.05) is 13.1 Å². The number of hydrogen-bond donors (Lipinski definition) is 2. The number of aromatic amines is 1. The van der Waals surface area contributed by atoms with Gasteiger partial charge in [-0.05, 0) is 18.4 Å². The van der Waals surface area contributed by atoms with Crippen LogP contribution in [-0.2, 0) is 6.54 Å². The van der Waals surface area contributed by atoms with Gasteiger partial charge in [-0.3, -0.25) is 14.5 Å². The standard InChI is InChI=1S/C17H20N4O2/c22-16-11-18-15(10-19-16)17(23)20-14-6-8-21(9-7-14)12-13-4-2-1-3-5-13/h1-5,10-11,14H,6-9,12H2,(H,19,22)(H,20,23). The molecule has 1 aliphatic rings. The molecule has 0 unspecified atom stereocenters. The Balaban J connectivity index is 1.48. The van der Waals surface area contributed by atoms with Crippen molar-refractivity contribution in [1.29, 1.82) is 0 Å². The summed E-state index contributed by atoms with van der Waals surface area (Å²) >= 11 is 0. The molecule has 1 aromatic heterocycles. The molecule has 23 heavy (non-hydrogen) atoms. The van der Waals surface area contributed by atoms with Crippen LogP contribution < -0.4 is 10.9 Å². The van der Waals surface area contributed by atoms with Crippen molar-refractivity contribution in [3.63, 3.8) is 0 Å². The molecule has 6 nitrogen and oxygen atoms in total. The van der Waals surface area contributed by atoms with Gasteiger partial charge in [0.2, 0.25) is 0 Å². The fraction of sp³-hybridized carbons (Fsp3) is 0.353. The van der Waals surface area contributed by atoms with E-state index in [1.807, 2.05) is 6.07 Å². The van der Waals surface area contributed by atoms with Gasteiger partial charge in [0.15, 0.2) is 0 Å². The number of aromatic nitrogens is 2. The summed E-state index contributed by atoms with van der Waals surface area (Å²) in [5.41, 5.74) is 1.25. The number of likely N-dealkylation sites (tertiary alicyclic amines) is 1. The zero-order chi connectivity index (χ0) is 16.1. The molecular formula is C17H20N4O2. The number of rotatable bonds is 4. The Kier molecular flexibility index (Phi) is 4.83. The van der Waals surface area contributed by atoms with Gasteiger partial charge in [-0.25, -0.2) is 4.98 Å². The molecule has 0 radical (unpaired) electrons. The number of hydrogen-bond acceptors (Lipinski definition) is 4. The topological polar surface area (TPSA) is 78.1 Å². The molecule has 3 rings (SSSR count). The summed E-state index contributed by atoms with van der Waals surface area (Å²) in [7, 11) is 0. The Bertz CT molecular complexity index is 686. The first-order chi connectivity index (χ1) is 11.2. The number of benzene rings is 1. The molecule has 1 fully saturated rings. The minimum Gasteiger partial charge on any atom is -0.348 e. The van der Waals surface area contributed by atoms with Gasteiger partial charge in [0.1, 0.15) is 5.69 Å². The third kappa shape index (κ3) is 4.26. The van der Waals surface area contributed by atoms with Gasteiger partial charge in [0, 0.05) is 31.9 Å². The molecule has 2 aromatic rings. The molecule has 1 amide bonds. The molecule has 6 heteroatoms. The highest BCUT2D eigenvalue weighted by atomic mass is 16.2. The average molecular weight is 312 g/mol. The van der Waals surface area contributed by atoms with E-state index in [1.54, 1.807) is 0 Å². The molecule has 2 N–H and O–H groups in total. The maximum Gasteiger partial charge on any atom is 0.271 e. The quantitative estimate of drug-likeness (QED) is 0.888. The summed E-state index contributed by atoms with van der Waals surface area (Å²) in [6.07, 6.45) is 4.31. The van der Waals surface area contributed by atoms with E-state index in [-0.39, 0.29) is 23.2 Å². The van der Waals surface area contributed by atoms with E-state index in [2.05, 4.69) is 44.5 Å². The van der Waals surface area contributed by atoms with Crippen molar-refractivity contribution < 1.29 is 4.79 Å². The highest BCUT2D eigenvalue weighted by Crippen LogP contribution is 2.14. The van der Waals surface area contributed by atoms with Crippen molar-refractivity contribution in [1.82, 2.24) is 20.2 Å². The lowest BCUT2D eigenvalue weighted by Gasteiger charge is -2.32. The largest absolute Gasteiger partial charge is 0.348 e. The van der Waals surface area contributed by atoms with E-state index in [0.717, 1.165) is 38.7 Å². The molecule has 0 bridgehead atoms. The van der Waals surface area contributed by atoms with Crippen LogP contribution in [0.1, 0.15) is 28.9 Å². The van der Waals surface area contributed by atoms with E-state index in [1.165, 1.54) is 11.8 Å². The summed E-state index contributed by atoms with van der Waals surface area (Å²) in [5, 5.41) is 2.99. The molecule has 2 heterocycles. The van der Waals surface area contributed by atoms with Crippen LogP contribution in [0.5, 0.6) is 0 Å². The van der Waals surface area contributed by atoms with Crippen molar-refractivity contribution in [3.05, 3.63) is 64.3 Å². The van der Waals surface area contributed by atoms with Crippen LogP contribution in [-0.4, -0.2) is 39.9 Å². The van der Waals surface area contributed by atoms with Crippen LogP contribution >= 0.6 is 0 Å². The van der Waals surface area contributed by atoms with E-state index in [9.17, 15) is 9.59 Å². The van der Waals surface area contributed by atoms with Crippen LogP contribution in [0.15, 0.2) is 47.5 Å². The number of nitrogens with one attached hydrogen (secondary N) is 2. The SMILES string of the molecule is O=C(NC1CCN(Cc2ccccc2)CC1)c1c[nH]c(=O)cn1. The summed E-state index contributed by atoms with van der Waals surface area (Å²) in [4.78, 5) is 31.8. The normalized spacial score (nSPS) is 16.2. The van der Waals surface area contributed by atoms with Gasteiger partial charge in [-0.15, -0.1) is 0 Å². The van der Waals surface area contributed by atoms with Gasteiger partial charge in [0.25, 0.3) is 11.5 Å². The molecule has 1 aliphatic heterocycles. The Hall–Kier alpha value is -2.47. The first-order valence-corrected chi connectivity index (χ1v) is 7.82. The highest BCUT2D eigenvalue weighted by Gasteiger charge is 2.21. The molecular weight excluding hydrogens is 292 g/mol. The van der Waals surface area contributed by atoms with Gasteiger partial charge < -0.3 is 10.3 Å². The maximum absolute atomic E-state index is 12.1. The fourth-order valence-corrected chi connectivity index (χ4v) is 2.80. The second-order valence-electron chi connectivity index (χ2n) is 5.81. The lowest BCUT2D eigenvalue weighted by molar-refractivity contribution is 0.0903. The monoisotopic (exact) mass is 312 g/mol. The first kappa shape index (κ1) is 15.4. The van der Waals surface area contributed by atoms with E-state index in [0.29, 0.717) is 0 Å². The van der Waals surface area contributed by atoms with Crippen molar-refractivity contribution in [3.8, 4) is 0 Å². The summed E-state index contributed by atoms with van der Waals surface area (Å²) < 4.78 is 0. The van der Waals surface area contributed by atoms with Crippen LogP contribution in [0.3, 0.4) is 0 Å². The number of carbonyl (C=O) groups is 1. The first-order valence-electron chi connectivity index (χ1n) is 7.82. The molecule has 120 valence electrons. The van der Waals surface area contributed by atoms with E-state index < -0.39 is 0 Å². The smallest absolute Gasteiger partial charge is 0.271 e. The van der Waals surface area contributed by atoms with Gasteiger partial charge in [-0.1, -0.05) is 30.3 Å². The summed E-state index contributed by atoms with van der Waals surface area (Å²) in [6, 6.07) is 10.6. The van der Waals surface area contributed by atoms with Gasteiger partial charge in [-0.2, -0.15) is 0 Å². The zero-order valence-corrected chi connectivity index (χ0v) is 12.9. The van der Waals surface area contributed by atoms with Crippen molar-refractivity contribution >= 4 is 5.91 Å². The van der Waals surface area contributed by atoms with Crippen LogP contribution in [0.25, 0.3) is 0 Å². The van der Waals surface area contributed by atoms with E-state index >= 15 is 0 Å². The highest BCUT2D eigenvalue weighted by molar-refractivity contribution is 5.92. The third-order valence-electron chi connectivity index (χ3n) is 4.08. The van der Waals surface area contributed by atoms with Crippen molar-refractivity contribution in [2.24, 2.45) is 0 Å². The lowest BCUT2D eigenvalue weighted by Crippen LogP contribution is -2.44. The Labute approximate surface area is 134 Å². The lowest BCUT2D eigenvalue weighted by atomic mass is 10.0. The number of nitrogens with zero attached hydrogens (tertiary/aromatic N) is 2. The Morgan fingerprint density at radius 2 is 2.00 bits per heavy atom. The Morgan fingerprint density at radius 3 is 2.65 bits per heavy atom. The van der Waals surface area contributed by atoms with Crippen LogP contribution in [0, 0.1) is 0 Å². The van der Waals surface area contributed by atoms with Crippen molar-refractivity contribution in [2.45, 2.75) is 25.4 Å². The summed E-state index contributed by atoms with van der Waals surface area (Å²) in [6.45, 7) is 2.86.